The maximum absolute atomic E-state index is 13.6. The first-order valence-corrected chi connectivity index (χ1v) is 14.1. The van der Waals surface area contributed by atoms with Crippen molar-refractivity contribution in [3.63, 3.8) is 0 Å². The first-order valence-electron chi connectivity index (χ1n) is 13.3. The van der Waals surface area contributed by atoms with Crippen molar-refractivity contribution in [2.75, 3.05) is 24.5 Å². The van der Waals surface area contributed by atoms with E-state index in [9.17, 15) is 35.9 Å². The Morgan fingerprint density at radius 1 is 1.05 bits per heavy atom. The number of imide groups is 1. The van der Waals surface area contributed by atoms with E-state index in [1.807, 2.05) is 4.90 Å². The van der Waals surface area contributed by atoms with Crippen LogP contribution in [0.1, 0.15) is 29.8 Å². The molecule has 0 aliphatic carbocycles. The molecule has 0 radical (unpaired) electrons. The number of alkyl halides is 6. The highest BCUT2D eigenvalue weighted by atomic mass is 32.2. The van der Waals surface area contributed by atoms with Gasteiger partial charge in [0.05, 0.1) is 16.3 Å². The van der Waals surface area contributed by atoms with Crippen LogP contribution in [0.2, 0.25) is 0 Å². The fourth-order valence-electron chi connectivity index (χ4n) is 4.77. The lowest BCUT2D eigenvalue weighted by molar-refractivity contribution is -0.274. The number of rotatable bonds is 8. The summed E-state index contributed by atoms with van der Waals surface area (Å²) >= 11 is 0.795. The Morgan fingerprint density at radius 3 is 2.48 bits per heavy atom. The van der Waals surface area contributed by atoms with Crippen LogP contribution < -0.4 is 20.3 Å². The number of carbonyl (C=O) groups excluding carboxylic acids is 2. The summed E-state index contributed by atoms with van der Waals surface area (Å²) in [7, 11) is 0. The standard InChI is InChI=1S/C28H24F6N6O3S/c29-27(30,31)23-12-17(11-20(38-23)19-3-1-2-4-21(19)43-28(32,33)34)15-35-14-16-6-9-40(10-7-16)25-36-8-5-18(37-25)13-22-24(41)39-26(42)44-22/h1-5,8,11-13,16,35H,6-7,9-10,14-15H2,(H,39,41,42)/b22-13-. The van der Waals surface area contributed by atoms with Gasteiger partial charge in [0.15, 0.2) is 0 Å². The Morgan fingerprint density at radius 2 is 1.80 bits per heavy atom. The minimum atomic E-state index is -5.03. The van der Waals surface area contributed by atoms with Crippen molar-refractivity contribution in [3.05, 3.63) is 70.5 Å². The third-order valence-electron chi connectivity index (χ3n) is 6.81. The molecular formula is C28H24F6N6O3S. The van der Waals surface area contributed by atoms with E-state index in [0.717, 1.165) is 36.7 Å². The molecule has 0 bridgehead atoms. The molecule has 9 nitrogen and oxygen atoms in total. The summed E-state index contributed by atoms with van der Waals surface area (Å²) in [4.78, 5) is 37.8. The predicted molar refractivity (Wildman–Crippen MR) is 149 cm³/mol. The fourth-order valence-corrected chi connectivity index (χ4v) is 5.44. The Kier molecular flexibility index (Phi) is 9.10. The number of pyridine rings is 1. The monoisotopic (exact) mass is 638 g/mol. The summed E-state index contributed by atoms with van der Waals surface area (Å²) in [6.07, 6.45) is -5.28. The Balaban J connectivity index is 1.21. The minimum absolute atomic E-state index is 0.0367. The Bertz CT molecular complexity index is 1570. The van der Waals surface area contributed by atoms with E-state index in [0.29, 0.717) is 31.3 Å². The molecule has 5 rings (SSSR count). The predicted octanol–water partition coefficient (Wildman–Crippen LogP) is 5.79. The topological polar surface area (TPSA) is 109 Å². The number of anilines is 1. The number of para-hydroxylation sites is 1. The van der Waals surface area contributed by atoms with Crippen LogP contribution in [-0.2, 0) is 17.5 Å². The average molecular weight is 639 g/mol. The summed E-state index contributed by atoms with van der Waals surface area (Å²) in [5.74, 6) is -0.460. The van der Waals surface area contributed by atoms with Crippen LogP contribution in [0.25, 0.3) is 17.3 Å². The number of nitrogens with zero attached hydrogens (tertiary/aromatic N) is 4. The zero-order valence-electron chi connectivity index (χ0n) is 22.7. The van der Waals surface area contributed by atoms with Gasteiger partial charge in [-0.1, -0.05) is 12.1 Å². The minimum Gasteiger partial charge on any atom is -0.405 e. The third kappa shape index (κ3) is 8.05. The number of amides is 2. The highest BCUT2D eigenvalue weighted by Crippen LogP contribution is 2.36. The van der Waals surface area contributed by atoms with Crippen molar-refractivity contribution < 1.29 is 40.7 Å². The second kappa shape index (κ2) is 12.8. The third-order valence-corrected chi connectivity index (χ3v) is 7.62. The number of nitrogens with one attached hydrogen (secondary N) is 2. The quantitative estimate of drug-likeness (QED) is 0.234. The van der Waals surface area contributed by atoms with Crippen molar-refractivity contribution in [2.24, 2.45) is 5.92 Å². The Hall–Kier alpha value is -4.18. The van der Waals surface area contributed by atoms with Gasteiger partial charge < -0.3 is 15.0 Å². The van der Waals surface area contributed by atoms with Crippen molar-refractivity contribution in [3.8, 4) is 17.0 Å². The van der Waals surface area contributed by atoms with E-state index in [1.54, 1.807) is 12.3 Å². The molecule has 4 heterocycles. The van der Waals surface area contributed by atoms with Gasteiger partial charge in [-0.3, -0.25) is 14.9 Å². The lowest BCUT2D eigenvalue weighted by Crippen LogP contribution is -2.38. The molecule has 2 saturated heterocycles. The number of benzene rings is 1. The number of aromatic nitrogens is 3. The van der Waals surface area contributed by atoms with Gasteiger partial charge in [-0.05, 0) is 79.0 Å². The molecule has 0 saturated carbocycles. The largest absolute Gasteiger partial charge is 0.573 e. The highest BCUT2D eigenvalue weighted by molar-refractivity contribution is 8.18. The van der Waals surface area contributed by atoms with E-state index in [2.05, 4.69) is 30.3 Å². The molecule has 44 heavy (non-hydrogen) atoms. The van der Waals surface area contributed by atoms with Gasteiger partial charge in [0.25, 0.3) is 11.1 Å². The molecule has 2 fully saturated rings. The molecule has 2 N–H and O–H groups in total. The van der Waals surface area contributed by atoms with E-state index in [4.69, 9.17) is 0 Å². The molecule has 2 aromatic heterocycles. The maximum atomic E-state index is 13.6. The van der Waals surface area contributed by atoms with Gasteiger partial charge in [0, 0.05) is 31.4 Å². The number of hydrogen-bond donors (Lipinski definition) is 2. The molecule has 3 aromatic rings. The van der Waals surface area contributed by atoms with Gasteiger partial charge in [-0.2, -0.15) is 13.2 Å². The van der Waals surface area contributed by atoms with Gasteiger partial charge in [-0.15, -0.1) is 13.2 Å². The van der Waals surface area contributed by atoms with Gasteiger partial charge in [0.1, 0.15) is 11.4 Å². The molecule has 1 aromatic carbocycles. The summed E-state index contributed by atoms with van der Waals surface area (Å²) in [6.45, 7) is 1.77. The van der Waals surface area contributed by atoms with E-state index >= 15 is 0 Å². The van der Waals surface area contributed by atoms with Crippen LogP contribution in [0.4, 0.5) is 37.1 Å². The smallest absolute Gasteiger partial charge is 0.405 e. The van der Waals surface area contributed by atoms with E-state index < -0.39 is 35.1 Å². The highest BCUT2D eigenvalue weighted by Gasteiger charge is 2.35. The molecule has 2 amide bonds. The molecule has 2 aliphatic rings. The van der Waals surface area contributed by atoms with Crippen molar-refractivity contribution >= 4 is 34.9 Å². The molecular weight excluding hydrogens is 614 g/mol. The number of piperidine rings is 1. The molecule has 0 atom stereocenters. The number of halogens is 6. The number of hydrogen-bond acceptors (Lipinski definition) is 9. The molecule has 0 spiro atoms. The van der Waals surface area contributed by atoms with Crippen LogP contribution in [-0.4, -0.2) is 52.1 Å². The first kappa shape index (κ1) is 31.3. The van der Waals surface area contributed by atoms with Crippen molar-refractivity contribution in [2.45, 2.75) is 31.9 Å². The van der Waals surface area contributed by atoms with Crippen LogP contribution in [0, 0.1) is 5.92 Å². The lowest BCUT2D eigenvalue weighted by Gasteiger charge is -2.32. The molecule has 0 unspecified atom stereocenters. The average Bonchev–Trinajstić information content (AvgIpc) is 3.28. The van der Waals surface area contributed by atoms with Crippen LogP contribution in [0.5, 0.6) is 5.75 Å². The summed E-state index contributed by atoms with van der Waals surface area (Å²) in [5.41, 5.74) is -1.05. The molecule has 16 heteroatoms. The fraction of sp³-hybridized carbons (Fsp3) is 0.321. The second-order valence-electron chi connectivity index (χ2n) is 9.98. The molecule has 232 valence electrons. The first-order chi connectivity index (χ1) is 20.8. The molecule has 2 aliphatic heterocycles. The van der Waals surface area contributed by atoms with Crippen LogP contribution in [0.15, 0.2) is 53.6 Å². The van der Waals surface area contributed by atoms with Crippen molar-refractivity contribution in [1.29, 1.82) is 0 Å². The lowest BCUT2D eigenvalue weighted by atomic mass is 9.97. The van der Waals surface area contributed by atoms with Gasteiger partial charge in [-0.25, -0.2) is 15.0 Å². The SMILES string of the molecule is O=C1NC(=O)/C(=C/c2ccnc(N3CCC(CNCc4cc(-c5ccccc5OC(F)(F)F)nc(C(F)(F)F)c4)CC3)n2)S1. The Labute approximate surface area is 251 Å². The summed E-state index contributed by atoms with van der Waals surface area (Å²) < 4.78 is 83.6. The van der Waals surface area contributed by atoms with Gasteiger partial charge in [0.2, 0.25) is 5.95 Å². The number of ether oxygens (including phenoxy) is 1. The van der Waals surface area contributed by atoms with E-state index in [1.165, 1.54) is 30.3 Å². The van der Waals surface area contributed by atoms with Crippen LogP contribution >= 0.6 is 11.8 Å². The normalized spacial score (nSPS) is 17.3. The summed E-state index contributed by atoms with van der Waals surface area (Å²) in [5, 5.41) is 4.90. The van der Waals surface area contributed by atoms with Crippen LogP contribution in [0.3, 0.4) is 0 Å². The van der Waals surface area contributed by atoms with E-state index in [-0.39, 0.29) is 34.2 Å². The number of carbonyl (C=O) groups is 2. The zero-order chi connectivity index (χ0) is 31.5. The summed E-state index contributed by atoms with van der Waals surface area (Å²) in [6, 6.07) is 8.71. The number of thioether (sulfide) groups is 1. The van der Waals surface area contributed by atoms with Gasteiger partial charge >= 0.3 is 12.5 Å². The second-order valence-corrected chi connectivity index (χ2v) is 11.0. The zero-order valence-corrected chi connectivity index (χ0v) is 23.5. The van der Waals surface area contributed by atoms with Crippen molar-refractivity contribution in [1.82, 2.24) is 25.6 Å². The maximum Gasteiger partial charge on any atom is 0.573 e.